The molecule has 198 valence electrons. The van der Waals surface area contributed by atoms with E-state index in [-0.39, 0.29) is 55.5 Å². The number of esters is 1. The van der Waals surface area contributed by atoms with E-state index in [0.29, 0.717) is 18.8 Å². The van der Waals surface area contributed by atoms with Crippen molar-refractivity contribution in [2.75, 3.05) is 36.1 Å². The van der Waals surface area contributed by atoms with Crippen LogP contribution in [-0.4, -0.2) is 77.0 Å². The molecule has 0 aliphatic carbocycles. The number of aromatic nitrogens is 3. The molecule has 0 unspecified atom stereocenters. The number of carbonyl (C=O) groups excluding carboxylic acids is 2. The zero-order chi connectivity index (χ0) is 26.3. The van der Waals surface area contributed by atoms with Gasteiger partial charge >= 0.3 is 12.1 Å². The molecule has 2 aromatic rings. The van der Waals surface area contributed by atoms with Crippen LogP contribution >= 0.6 is 0 Å². The summed E-state index contributed by atoms with van der Waals surface area (Å²) in [5, 5.41) is 0. The predicted octanol–water partition coefficient (Wildman–Crippen LogP) is 1.75. The summed E-state index contributed by atoms with van der Waals surface area (Å²) in [7, 11) is 0. The molecule has 10 nitrogen and oxygen atoms in total. The third kappa shape index (κ3) is 5.04. The summed E-state index contributed by atoms with van der Waals surface area (Å²) in [5.74, 6) is -0.986. The van der Waals surface area contributed by atoms with Crippen molar-refractivity contribution in [3.8, 4) is 0 Å². The van der Waals surface area contributed by atoms with Crippen LogP contribution in [0.1, 0.15) is 35.8 Å². The number of ketones is 1. The van der Waals surface area contributed by atoms with E-state index < -0.39 is 36.1 Å². The molecule has 0 amide bonds. The monoisotopic (exact) mass is 521 g/mol. The minimum atomic E-state index is -4.64. The predicted molar refractivity (Wildman–Crippen MR) is 125 cm³/mol. The number of rotatable bonds is 7. The van der Waals surface area contributed by atoms with E-state index in [1.165, 1.54) is 29.0 Å². The first-order valence-corrected chi connectivity index (χ1v) is 12.1. The quantitative estimate of drug-likeness (QED) is 0.398. The Labute approximate surface area is 210 Å². The fraction of sp³-hybridized carbons (Fsp3) is 0.542. The maximum absolute atomic E-state index is 14.0. The third-order valence-corrected chi connectivity index (χ3v) is 6.90. The summed E-state index contributed by atoms with van der Waals surface area (Å²) in [6.45, 7) is 2.07. The van der Waals surface area contributed by atoms with Crippen LogP contribution in [0.25, 0.3) is 0 Å². The van der Waals surface area contributed by atoms with Crippen molar-refractivity contribution >= 4 is 23.5 Å². The lowest BCUT2D eigenvalue weighted by molar-refractivity contribution is -0.152. The largest absolute Gasteiger partial charge is 0.466 e. The van der Waals surface area contributed by atoms with E-state index in [2.05, 4.69) is 9.97 Å². The molecule has 37 heavy (non-hydrogen) atoms. The molecule has 3 aliphatic heterocycles. The maximum Gasteiger partial charge on any atom is 0.408 e. The van der Waals surface area contributed by atoms with Gasteiger partial charge in [-0.1, -0.05) is 0 Å². The molecule has 0 radical (unpaired) electrons. The van der Waals surface area contributed by atoms with Crippen molar-refractivity contribution in [2.45, 2.75) is 57.1 Å². The molecule has 2 bridgehead atoms. The van der Waals surface area contributed by atoms with Gasteiger partial charge in [0, 0.05) is 30.9 Å². The lowest BCUT2D eigenvalue weighted by atomic mass is 10.1. The van der Waals surface area contributed by atoms with Crippen LogP contribution in [0, 0.1) is 0 Å². The molecule has 0 spiro atoms. The number of alkyl halides is 3. The van der Waals surface area contributed by atoms with E-state index in [9.17, 15) is 27.6 Å². The standard InChI is InChI=1S/C24H26F3N5O5/c1-2-36-22(35)7-15-4-3-14(10-28-15)18(33)12-32-19(24(25,26)27)5-6-30-21(34)9-20(29-23(30)32)31-11-17-8-16(31)13-37-17/h3-4,9-10,16-17,19H,2,5-8,11-13H2,1H3/t16-,17-,19-/m0/s1. The second kappa shape index (κ2) is 9.77. The van der Waals surface area contributed by atoms with Gasteiger partial charge in [0.1, 0.15) is 11.9 Å². The molecule has 5 heterocycles. The Bertz CT molecular complexity index is 1250. The van der Waals surface area contributed by atoms with Gasteiger partial charge < -0.3 is 19.3 Å². The number of ether oxygens (including phenoxy) is 2. The van der Waals surface area contributed by atoms with Crippen LogP contribution < -0.4 is 15.4 Å². The highest BCUT2D eigenvalue weighted by Gasteiger charge is 2.48. The number of morpholine rings is 1. The van der Waals surface area contributed by atoms with E-state index in [1.54, 1.807) is 6.92 Å². The molecule has 3 aliphatic rings. The van der Waals surface area contributed by atoms with Crippen molar-refractivity contribution in [2.24, 2.45) is 0 Å². The molecule has 2 fully saturated rings. The van der Waals surface area contributed by atoms with E-state index in [0.717, 1.165) is 11.3 Å². The Morgan fingerprint density at radius 1 is 1.27 bits per heavy atom. The van der Waals surface area contributed by atoms with Crippen molar-refractivity contribution in [3.63, 3.8) is 0 Å². The molecular formula is C24H26F3N5O5. The van der Waals surface area contributed by atoms with Crippen molar-refractivity contribution in [3.05, 3.63) is 46.0 Å². The van der Waals surface area contributed by atoms with Crippen molar-refractivity contribution in [1.82, 2.24) is 14.5 Å². The average Bonchev–Trinajstić information content (AvgIpc) is 3.48. The van der Waals surface area contributed by atoms with E-state index in [1.807, 2.05) is 4.90 Å². The molecule has 0 saturated carbocycles. The van der Waals surface area contributed by atoms with Crippen molar-refractivity contribution < 1.29 is 32.2 Å². The first-order chi connectivity index (χ1) is 17.6. The van der Waals surface area contributed by atoms with Gasteiger partial charge in [-0.05, 0) is 31.9 Å². The molecule has 5 rings (SSSR count). The Balaban J connectivity index is 1.43. The summed E-state index contributed by atoms with van der Waals surface area (Å²) in [6.07, 6.45) is -3.11. The first-order valence-electron chi connectivity index (χ1n) is 12.1. The number of halogens is 3. The number of hydrogen-bond donors (Lipinski definition) is 0. The maximum atomic E-state index is 14.0. The number of nitrogens with zero attached hydrogens (tertiary/aromatic N) is 5. The molecular weight excluding hydrogens is 495 g/mol. The van der Waals surface area contributed by atoms with Gasteiger partial charge in [-0.25, -0.2) is 0 Å². The van der Waals surface area contributed by atoms with Gasteiger partial charge in [-0.2, -0.15) is 18.2 Å². The van der Waals surface area contributed by atoms with Crippen molar-refractivity contribution in [1.29, 1.82) is 0 Å². The minimum absolute atomic E-state index is 0.00509. The highest BCUT2D eigenvalue weighted by molar-refractivity contribution is 5.99. The highest BCUT2D eigenvalue weighted by Crippen LogP contribution is 2.36. The summed E-state index contributed by atoms with van der Waals surface area (Å²) in [6, 6.07) is 2.24. The molecule has 3 atom stereocenters. The summed E-state index contributed by atoms with van der Waals surface area (Å²) >= 11 is 0. The third-order valence-electron chi connectivity index (χ3n) is 6.90. The minimum Gasteiger partial charge on any atom is -0.466 e. The van der Waals surface area contributed by atoms with E-state index in [4.69, 9.17) is 9.47 Å². The second-order valence-electron chi connectivity index (χ2n) is 9.32. The Morgan fingerprint density at radius 2 is 2.08 bits per heavy atom. The summed E-state index contributed by atoms with van der Waals surface area (Å²) < 4.78 is 53.8. The van der Waals surface area contributed by atoms with Gasteiger partial charge in [-0.3, -0.25) is 23.9 Å². The van der Waals surface area contributed by atoms with Crippen LogP contribution in [-0.2, 0) is 27.2 Å². The van der Waals surface area contributed by atoms with Gasteiger partial charge in [0.2, 0.25) is 5.95 Å². The number of fused-ring (bicyclic) bond motifs is 3. The number of carbonyl (C=O) groups is 2. The van der Waals surface area contributed by atoms with Crippen LogP contribution in [0.2, 0.25) is 0 Å². The van der Waals surface area contributed by atoms with Gasteiger partial charge in [0.15, 0.2) is 5.78 Å². The molecule has 13 heteroatoms. The molecule has 0 N–H and O–H groups in total. The van der Waals surface area contributed by atoms with E-state index >= 15 is 0 Å². The Hall–Kier alpha value is -3.48. The zero-order valence-corrected chi connectivity index (χ0v) is 20.1. The fourth-order valence-electron chi connectivity index (χ4n) is 5.11. The van der Waals surface area contributed by atoms with Crippen LogP contribution in [0.15, 0.2) is 29.2 Å². The van der Waals surface area contributed by atoms with Gasteiger partial charge in [0.05, 0.1) is 44.0 Å². The first kappa shape index (κ1) is 25.2. The van der Waals surface area contributed by atoms with Crippen LogP contribution in [0.5, 0.6) is 0 Å². The summed E-state index contributed by atoms with van der Waals surface area (Å²) in [4.78, 5) is 48.9. The van der Waals surface area contributed by atoms with Gasteiger partial charge in [0.25, 0.3) is 5.56 Å². The Kier molecular flexibility index (Phi) is 6.65. The normalized spacial score (nSPS) is 22.8. The molecule has 2 saturated heterocycles. The SMILES string of the molecule is CCOC(=O)Cc1ccc(C(=O)CN2c3nc(N4C[C@@H]5C[C@H]4CO5)cc(=O)n3CC[C@H]2C(F)(F)F)cn1. The van der Waals surface area contributed by atoms with Crippen LogP contribution in [0.4, 0.5) is 24.9 Å². The average molecular weight is 521 g/mol. The smallest absolute Gasteiger partial charge is 0.408 e. The number of hydrogen-bond acceptors (Lipinski definition) is 9. The Morgan fingerprint density at radius 3 is 2.70 bits per heavy atom. The molecule has 0 aromatic carbocycles. The van der Waals surface area contributed by atoms with Crippen LogP contribution in [0.3, 0.4) is 0 Å². The number of Topliss-reactive ketones (excluding diaryl/α,β-unsaturated/α-hetero) is 1. The lowest BCUT2D eigenvalue weighted by Crippen LogP contribution is -2.54. The number of anilines is 2. The number of pyridine rings is 1. The van der Waals surface area contributed by atoms with Gasteiger partial charge in [-0.15, -0.1) is 0 Å². The zero-order valence-electron chi connectivity index (χ0n) is 20.1. The topological polar surface area (TPSA) is 107 Å². The summed E-state index contributed by atoms with van der Waals surface area (Å²) in [5.41, 5.74) is -0.0156. The molecule has 2 aromatic heterocycles. The highest BCUT2D eigenvalue weighted by atomic mass is 19.4. The fourth-order valence-corrected chi connectivity index (χ4v) is 5.11. The lowest BCUT2D eigenvalue weighted by Gasteiger charge is -2.39. The second-order valence-corrected chi connectivity index (χ2v) is 9.32.